The van der Waals surface area contributed by atoms with E-state index in [1.54, 1.807) is 0 Å². The van der Waals surface area contributed by atoms with Crippen molar-refractivity contribution in [3.05, 3.63) is 11.4 Å². The Hall–Kier alpha value is -1.32. The summed E-state index contributed by atoms with van der Waals surface area (Å²) in [5.74, 6) is 2.88. The van der Waals surface area contributed by atoms with Crippen LogP contribution in [0.5, 0.6) is 0 Å². The molecule has 0 radical (unpaired) electrons. The summed E-state index contributed by atoms with van der Waals surface area (Å²) in [7, 11) is 0. The lowest BCUT2D eigenvalue weighted by atomic mass is 10.2. The Labute approximate surface area is 117 Å². The predicted octanol–water partition coefficient (Wildman–Crippen LogP) is 3.77. The lowest BCUT2D eigenvalue weighted by Crippen LogP contribution is -2.18. The molecular formula is C15H28N4. The van der Waals surface area contributed by atoms with Gasteiger partial charge in [-0.05, 0) is 33.1 Å². The first-order valence-corrected chi connectivity index (χ1v) is 7.50. The fraction of sp³-hybridized carbons (Fsp3) is 0.733. The molecule has 2 N–H and O–H groups in total. The second kappa shape index (κ2) is 7.97. The van der Waals surface area contributed by atoms with Crippen molar-refractivity contribution in [2.45, 2.75) is 66.3 Å². The van der Waals surface area contributed by atoms with Crippen molar-refractivity contribution < 1.29 is 0 Å². The molecule has 4 nitrogen and oxygen atoms in total. The van der Waals surface area contributed by atoms with Gasteiger partial charge >= 0.3 is 0 Å². The summed E-state index contributed by atoms with van der Waals surface area (Å²) in [6, 6.07) is 0.433. The molecule has 0 aromatic carbocycles. The third-order valence-corrected chi connectivity index (χ3v) is 3.20. The fourth-order valence-electron chi connectivity index (χ4n) is 1.79. The van der Waals surface area contributed by atoms with Crippen LogP contribution in [0.1, 0.15) is 58.3 Å². The van der Waals surface area contributed by atoms with Crippen LogP contribution in [0.2, 0.25) is 0 Å². The largest absolute Gasteiger partial charge is 0.370 e. The van der Waals surface area contributed by atoms with Crippen LogP contribution >= 0.6 is 0 Å². The first-order chi connectivity index (χ1) is 9.12. The lowest BCUT2D eigenvalue weighted by Gasteiger charge is -2.18. The molecule has 0 fully saturated rings. The molecule has 108 valence electrons. The molecule has 1 heterocycles. The number of aryl methyl sites for hydroxylation is 1. The van der Waals surface area contributed by atoms with Crippen LogP contribution in [0.3, 0.4) is 0 Å². The van der Waals surface area contributed by atoms with E-state index in [0.717, 1.165) is 55.3 Å². The predicted molar refractivity (Wildman–Crippen MR) is 82.9 cm³/mol. The smallest absolute Gasteiger partial charge is 0.134 e. The highest BCUT2D eigenvalue weighted by Gasteiger charge is 2.11. The molecule has 19 heavy (non-hydrogen) atoms. The second-order valence-corrected chi connectivity index (χ2v) is 5.09. The van der Waals surface area contributed by atoms with E-state index in [4.69, 9.17) is 0 Å². The maximum absolute atomic E-state index is 4.66. The minimum absolute atomic E-state index is 0.433. The number of rotatable bonds is 8. The molecular weight excluding hydrogens is 236 g/mol. The first kappa shape index (κ1) is 15.7. The molecule has 1 aromatic heterocycles. The van der Waals surface area contributed by atoms with Crippen molar-refractivity contribution in [2.75, 3.05) is 17.2 Å². The van der Waals surface area contributed by atoms with Crippen molar-refractivity contribution in [2.24, 2.45) is 0 Å². The summed E-state index contributed by atoms with van der Waals surface area (Å²) in [5.41, 5.74) is 1.12. The number of nitrogens with one attached hydrogen (secondary N) is 2. The average molecular weight is 264 g/mol. The van der Waals surface area contributed by atoms with Gasteiger partial charge in [0.25, 0.3) is 0 Å². The Morgan fingerprint density at radius 1 is 1.05 bits per heavy atom. The minimum atomic E-state index is 0.433. The van der Waals surface area contributed by atoms with Gasteiger partial charge < -0.3 is 10.6 Å². The van der Waals surface area contributed by atoms with Crippen LogP contribution in [-0.4, -0.2) is 22.6 Å². The Morgan fingerprint density at radius 3 is 2.32 bits per heavy atom. The monoisotopic (exact) mass is 264 g/mol. The van der Waals surface area contributed by atoms with Crippen LogP contribution in [0.25, 0.3) is 0 Å². The lowest BCUT2D eigenvalue weighted by molar-refractivity contribution is 0.750. The number of aromatic nitrogens is 2. The van der Waals surface area contributed by atoms with E-state index >= 15 is 0 Å². The zero-order chi connectivity index (χ0) is 14.3. The summed E-state index contributed by atoms with van der Waals surface area (Å²) in [6.07, 6.45) is 4.18. The van der Waals surface area contributed by atoms with E-state index in [2.05, 4.69) is 55.2 Å². The molecule has 0 bridgehead atoms. The van der Waals surface area contributed by atoms with Gasteiger partial charge in [0.2, 0.25) is 0 Å². The Kier molecular flexibility index (Phi) is 6.60. The molecule has 1 atom stereocenters. The molecule has 0 spiro atoms. The van der Waals surface area contributed by atoms with E-state index in [9.17, 15) is 0 Å². The molecule has 1 unspecified atom stereocenters. The molecule has 4 heteroatoms. The molecule has 0 saturated heterocycles. The molecule has 0 aliphatic heterocycles. The average Bonchev–Trinajstić information content (AvgIpc) is 2.40. The minimum Gasteiger partial charge on any atom is -0.370 e. The third-order valence-electron chi connectivity index (χ3n) is 3.20. The van der Waals surface area contributed by atoms with Crippen molar-refractivity contribution in [3.63, 3.8) is 0 Å². The highest BCUT2D eigenvalue weighted by molar-refractivity contribution is 5.57. The number of hydrogen-bond donors (Lipinski definition) is 2. The van der Waals surface area contributed by atoms with E-state index in [1.165, 1.54) is 0 Å². The summed E-state index contributed by atoms with van der Waals surface area (Å²) in [5, 5.41) is 6.89. The van der Waals surface area contributed by atoms with E-state index in [1.807, 2.05) is 0 Å². The van der Waals surface area contributed by atoms with Gasteiger partial charge in [0.15, 0.2) is 0 Å². The maximum atomic E-state index is 4.66. The Bertz CT molecular complexity index is 390. The van der Waals surface area contributed by atoms with E-state index in [-0.39, 0.29) is 0 Å². The highest BCUT2D eigenvalue weighted by Crippen LogP contribution is 2.21. The van der Waals surface area contributed by atoms with Crippen LogP contribution in [0.15, 0.2) is 0 Å². The maximum Gasteiger partial charge on any atom is 0.134 e. The molecule has 0 aliphatic carbocycles. The summed E-state index contributed by atoms with van der Waals surface area (Å²) in [4.78, 5) is 9.29. The van der Waals surface area contributed by atoms with Gasteiger partial charge in [0.1, 0.15) is 17.5 Å². The van der Waals surface area contributed by atoms with Gasteiger partial charge in [0.05, 0.1) is 0 Å². The van der Waals surface area contributed by atoms with Gasteiger partial charge in [-0.1, -0.05) is 20.8 Å². The Morgan fingerprint density at radius 2 is 1.74 bits per heavy atom. The standard InChI is InChI=1S/C15H28N4/c1-6-9-13-18-14(16-10-7-2)12(5)15(19-13)17-11(4)8-3/h11H,6-10H2,1-5H3,(H2,16,17,18,19). The quantitative estimate of drug-likeness (QED) is 0.750. The van der Waals surface area contributed by atoms with Crippen molar-refractivity contribution in [1.29, 1.82) is 0 Å². The molecule has 1 rings (SSSR count). The number of hydrogen-bond acceptors (Lipinski definition) is 4. The van der Waals surface area contributed by atoms with Gasteiger partial charge in [-0.2, -0.15) is 0 Å². The first-order valence-electron chi connectivity index (χ1n) is 7.50. The van der Waals surface area contributed by atoms with Gasteiger partial charge in [-0.3, -0.25) is 0 Å². The molecule has 0 saturated carbocycles. The van der Waals surface area contributed by atoms with Crippen LogP contribution in [-0.2, 0) is 6.42 Å². The highest BCUT2D eigenvalue weighted by atomic mass is 15.1. The molecule has 0 aliphatic rings. The number of nitrogens with zero attached hydrogens (tertiary/aromatic N) is 2. The van der Waals surface area contributed by atoms with Gasteiger partial charge in [-0.25, -0.2) is 9.97 Å². The van der Waals surface area contributed by atoms with Crippen LogP contribution < -0.4 is 10.6 Å². The summed E-state index contributed by atoms with van der Waals surface area (Å²) in [6.45, 7) is 11.7. The Balaban J connectivity index is 3.01. The molecule has 1 aromatic rings. The number of anilines is 2. The summed E-state index contributed by atoms with van der Waals surface area (Å²) >= 11 is 0. The topological polar surface area (TPSA) is 49.8 Å². The van der Waals surface area contributed by atoms with Crippen molar-refractivity contribution in [3.8, 4) is 0 Å². The van der Waals surface area contributed by atoms with Crippen LogP contribution in [0, 0.1) is 6.92 Å². The van der Waals surface area contributed by atoms with Gasteiger partial charge in [0, 0.05) is 24.6 Å². The SMILES string of the molecule is CCCNc1nc(CCC)nc(NC(C)CC)c1C. The van der Waals surface area contributed by atoms with E-state index < -0.39 is 0 Å². The normalized spacial score (nSPS) is 12.3. The van der Waals surface area contributed by atoms with Crippen molar-refractivity contribution >= 4 is 11.6 Å². The van der Waals surface area contributed by atoms with Crippen LogP contribution in [0.4, 0.5) is 11.6 Å². The van der Waals surface area contributed by atoms with Gasteiger partial charge in [-0.15, -0.1) is 0 Å². The van der Waals surface area contributed by atoms with E-state index in [0.29, 0.717) is 6.04 Å². The fourth-order valence-corrected chi connectivity index (χ4v) is 1.79. The third kappa shape index (κ3) is 4.69. The zero-order valence-electron chi connectivity index (χ0n) is 13.0. The zero-order valence-corrected chi connectivity index (χ0v) is 13.0. The summed E-state index contributed by atoms with van der Waals surface area (Å²) < 4.78 is 0. The van der Waals surface area contributed by atoms with Crippen molar-refractivity contribution in [1.82, 2.24) is 9.97 Å². The molecule has 0 amide bonds. The second-order valence-electron chi connectivity index (χ2n) is 5.09.